The normalized spacial score (nSPS) is 10.6. The minimum absolute atomic E-state index is 0.0212. The fourth-order valence-electron chi connectivity index (χ4n) is 2.20. The second kappa shape index (κ2) is 6.51. The van der Waals surface area contributed by atoms with E-state index in [1.165, 1.54) is 0 Å². The van der Waals surface area contributed by atoms with Crippen molar-refractivity contribution in [2.45, 2.75) is 13.5 Å². The third kappa shape index (κ3) is 3.41. The monoisotopic (exact) mass is 323 g/mol. The quantitative estimate of drug-likeness (QED) is 0.544. The third-order valence-electron chi connectivity index (χ3n) is 3.50. The summed E-state index contributed by atoms with van der Waals surface area (Å²) in [5.74, 6) is 1.07. The van der Waals surface area contributed by atoms with Crippen LogP contribution in [0.5, 0.6) is 5.75 Å². The summed E-state index contributed by atoms with van der Waals surface area (Å²) in [5, 5.41) is 21.7. The predicted molar refractivity (Wildman–Crippen MR) is 91.7 cm³/mol. The highest BCUT2D eigenvalue weighted by molar-refractivity contribution is 5.62. The van der Waals surface area contributed by atoms with Crippen LogP contribution in [-0.4, -0.2) is 25.2 Å². The SMILES string of the molecule is Cc1cc(Nc2nc(N)nc(-c3ccc(CO)cc3)n2)ccc1O. The number of rotatable bonds is 4. The van der Waals surface area contributed by atoms with Gasteiger partial charge in [0.15, 0.2) is 5.82 Å². The van der Waals surface area contributed by atoms with Gasteiger partial charge in [0, 0.05) is 11.3 Å². The number of phenolic OH excluding ortho intramolecular Hbond substituents is 1. The second-order valence-corrected chi connectivity index (χ2v) is 5.32. The number of anilines is 3. The first-order valence-corrected chi connectivity index (χ1v) is 7.33. The minimum atomic E-state index is -0.0212. The van der Waals surface area contributed by atoms with Gasteiger partial charge in [-0.3, -0.25) is 0 Å². The standard InChI is InChI=1S/C17H17N5O2/c1-10-8-13(6-7-14(10)24)19-17-21-15(20-16(18)22-17)12-4-2-11(9-23)3-5-12/h2-8,23-24H,9H2,1H3,(H3,18,19,20,21,22). The zero-order chi connectivity index (χ0) is 17.1. The molecule has 0 bridgehead atoms. The van der Waals surface area contributed by atoms with Gasteiger partial charge >= 0.3 is 0 Å². The molecule has 0 amide bonds. The Morgan fingerprint density at radius 2 is 1.79 bits per heavy atom. The molecule has 1 heterocycles. The average molecular weight is 323 g/mol. The zero-order valence-electron chi connectivity index (χ0n) is 13.1. The van der Waals surface area contributed by atoms with Crippen molar-refractivity contribution >= 4 is 17.6 Å². The molecule has 0 unspecified atom stereocenters. The molecule has 7 nitrogen and oxygen atoms in total. The molecule has 0 aliphatic carbocycles. The lowest BCUT2D eigenvalue weighted by molar-refractivity contribution is 0.282. The average Bonchev–Trinajstić information content (AvgIpc) is 2.58. The van der Waals surface area contributed by atoms with E-state index in [0.29, 0.717) is 11.8 Å². The van der Waals surface area contributed by atoms with Crippen LogP contribution in [0.25, 0.3) is 11.4 Å². The maximum atomic E-state index is 9.58. The molecular formula is C17H17N5O2. The molecule has 0 aliphatic rings. The lowest BCUT2D eigenvalue weighted by atomic mass is 10.1. The van der Waals surface area contributed by atoms with Gasteiger partial charge in [0.2, 0.25) is 11.9 Å². The maximum absolute atomic E-state index is 9.58. The van der Waals surface area contributed by atoms with E-state index < -0.39 is 0 Å². The highest BCUT2D eigenvalue weighted by Gasteiger charge is 2.08. The van der Waals surface area contributed by atoms with Crippen LogP contribution >= 0.6 is 0 Å². The first-order valence-electron chi connectivity index (χ1n) is 7.33. The fourth-order valence-corrected chi connectivity index (χ4v) is 2.20. The molecule has 0 saturated heterocycles. The van der Waals surface area contributed by atoms with Crippen molar-refractivity contribution < 1.29 is 10.2 Å². The van der Waals surface area contributed by atoms with Gasteiger partial charge in [-0.2, -0.15) is 15.0 Å². The smallest absolute Gasteiger partial charge is 0.232 e. The summed E-state index contributed by atoms with van der Waals surface area (Å²) in [6, 6.07) is 12.3. The number of nitrogens with zero attached hydrogens (tertiary/aromatic N) is 3. The van der Waals surface area contributed by atoms with Gasteiger partial charge in [-0.1, -0.05) is 24.3 Å². The summed E-state index contributed by atoms with van der Waals surface area (Å²) in [6.45, 7) is 1.78. The number of aryl methyl sites for hydroxylation is 1. The van der Waals surface area contributed by atoms with Crippen LogP contribution in [0.4, 0.5) is 17.6 Å². The van der Waals surface area contributed by atoms with Gasteiger partial charge < -0.3 is 21.3 Å². The van der Waals surface area contributed by atoms with Crippen LogP contribution in [0, 0.1) is 6.92 Å². The van der Waals surface area contributed by atoms with Crippen LogP contribution in [0.1, 0.15) is 11.1 Å². The molecule has 0 fully saturated rings. The Bertz CT molecular complexity index is 865. The minimum Gasteiger partial charge on any atom is -0.508 e. The summed E-state index contributed by atoms with van der Waals surface area (Å²) in [7, 11) is 0. The Morgan fingerprint density at radius 1 is 1.04 bits per heavy atom. The van der Waals surface area contributed by atoms with E-state index in [9.17, 15) is 5.11 Å². The molecule has 0 spiro atoms. The molecule has 1 aromatic heterocycles. The zero-order valence-corrected chi connectivity index (χ0v) is 13.1. The van der Waals surface area contributed by atoms with Crippen molar-refractivity contribution in [3.05, 3.63) is 53.6 Å². The van der Waals surface area contributed by atoms with Crippen molar-refractivity contribution in [1.29, 1.82) is 0 Å². The summed E-state index contributed by atoms with van der Waals surface area (Å²) in [5.41, 5.74) is 8.82. The lowest BCUT2D eigenvalue weighted by Crippen LogP contribution is -2.05. The molecule has 0 saturated carbocycles. The Morgan fingerprint density at radius 3 is 2.46 bits per heavy atom. The van der Waals surface area contributed by atoms with Gasteiger partial charge in [-0.25, -0.2) is 0 Å². The predicted octanol–water partition coefficient (Wildman–Crippen LogP) is 2.37. The van der Waals surface area contributed by atoms with Crippen LogP contribution < -0.4 is 11.1 Å². The largest absolute Gasteiger partial charge is 0.508 e. The Kier molecular flexibility index (Phi) is 4.26. The number of nitrogens with one attached hydrogen (secondary N) is 1. The number of hydrogen-bond acceptors (Lipinski definition) is 7. The molecular weight excluding hydrogens is 306 g/mol. The van der Waals surface area contributed by atoms with E-state index in [1.54, 1.807) is 37.3 Å². The molecule has 3 aromatic rings. The van der Waals surface area contributed by atoms with Crippen LogP contribution in [0.2, 0.25) is 0 Å². The molecule has 5 N–H and O–H groups in total. The van der Waals surface area contributed by atoms with E-state index in [2.05, 4.69) is 20.3 Å². The van der Waals surface area contributed by atoms with E-state index in [1.807, 2.05) is 12.1 Å². The molecule has 0 aliphatic heterocycles. The first kappa shape index (κ1) is 15.7. The highest BCUT2D eigenvalue weighted by Crippen LogP contribution is 2.23. The van der Waals surface area contributed by atoms with Gasteiger partial charge in [0.1, 0.15) is 5.75 Å². The van der Waals surface area contributed by atoms with Crippen molar-refractivity contribution in [2.75, 3.05) is 11.1 Å². The van der Waals surface area contributed by atoms with E-state index in [0.717, 1.165) is 22.4 Å². The number of hydrogen-bond donors (Lipinski definition) is 4. The van der Waals surface area contributed by atoms with Crippen LogP contribution in [-0.2, 0) is 6.61 Å². The maximum Gasteiger partial charge on any atom is 0.232 e. The molecule has 7 heteroatoms. The fraction of sp³-hybridized carbons (Fsp3) is 0.118. The van der Waals surface area contributed by atoms with E-state index in [-0.39, 0.29) is 18.3 Å². The first-order chi connectivity index (χ1) is 11.5. The third-order valence-corrected chi connectivity index (χ3v) is 3.50. The number of aliphatic hydroxyl groups excluding tert-OH is 1. The number of aromatic nitrogens is 3. The van der Waals surface area contributed by atoms with E-state index >= 15 is 0 Å². The number of phenols is 1. The molecule has 122 valence electrons. The van der Waals surface area contributed by atoms with Crippen LogP contribution in [0.15, 0.2) is 42.5 Å². The lowest BCUT2D eigenvalue weighted by Gasteiger charge is -2.09. The molecule has 3 rings (SSSR count). The Hall–Kier alpha value is -3.19. The van der Waals surface area contributed by atoms with Gasteiger partial charge in [0.05, 0.1) is 6.61 Å². The second-order valence-electron chi connectivity index (χ2n) is 5.32. The summed E-state index contributed by atoms with van der Waals surface area (Å²) in [4.78, 5) is 12.6. The highest BCUT2D eigenvalue weighted by atomic mass is 16.3. The molecule has 2 aromatic carbocycles. The Labute approximate surface area is 138 Å². The topological polar surface area (TPSA) is 117 Å². The van der Waals surface area contributed by atoms with Gasteiger partial charge in [-0.15, -0.1) is 0 Å². The van der Waals surface area contributed by atoms with Gasteiger partial charge in [0.25, 0.3) is 0 Å². The summed E-state index contributed by atoms with van der Waals surface area (Å²) < 4.78 is 0. The van der Waals surface area contributed by atoms with Crippen LogP contribution in [0.3, 0.4) is 0 Å². The number of nitrogen functional groups attached to an aromatic ring is 1. The number of benzene rings is 2. The number of nitrogens with two attached hydrogens (primary N) is 1. The summed E-state index contributed by atoms with van der Waals surface area (Å²) in [6.07, 6.45) is 0. The van der Waals surface area contributed by atoms with Crippen molar-refractivity contribution in [2.24, 2.45) is 0 Å². The molecule has 0 radical (unpaired) electrons. The van der Waals surface area contributed by atoms with Crippen molar-refractivity contribution in [3.63, 3.8) is 0 Å². The van der Waals surface area contributed by atoms with Gasteiger partial charge in [-0.05, 0) is 36.2 Å². The summed E-state index contributed by atoms with van der Waals surface area (Å²) >= 11 is 0. The molecule has 24 heavy (non-hydrogen) atoms. The van der Waals surface area contributed by atoms with Crippen molar-refractivity contribution in [3.8, 4) is 17.1 Å². The molecule has 0 atom stereocenters. The Balaban J connectivity index is 1.91. The van der Waals surface area contributed by atoms with E-state index in [4.69, 9.17) is 10.8 Å². The number of aliphatic hydroxyl groups is 1. The van der Waals surface area contributed by atoms with Crippen molar-refractivity contribution in [1.82, 2.24) is 15.0 Å². The number of aromatic hydroxyl groups is 1.